The monoisotopic (exact) mass is 433 g/mol. The number of para-hydroxylation sites is 2. The Morgan fingerprint density at radius 3 is 2.74 bits per heavy atom. The molecule has 1 N–H and O–H groups in total. The Hall–Kier alpha value is -3.45. The minimum atomic E-state index is -0.198. The number of nitrogens with one attached hydrogen (secondary N) is 1. The molecule has 0 saturated carbocycles. The van der Waals surface area contributed by atoms with E-state index in [1.807, 2.05) is 23.6 Å². The number of carbonyl (C=O) groups is 1. The zero-order valence-electron chi connectivity index (χ0n) is 17.6. The summed E-state index contributed by atoms with van der Waals surface area (Å²) in [5, 5.41) is 5.41. The summed E-state index contributed by atoms with van der Waals surface area (Å²) in [6.45, 7) is 4.37. The van der Waals surface area contributed by atoms with Gasteiger partial charge in [0.2, 0.25) is 5.91 Å². The van der Waals surface area contributed by atoms with Gasteiger partial charge in [-0.05, 0) is 42.7 Å². The van der Waals surface area contributed by atoms with Gasteiger partial charge in [0.15, 0.2) is 0 Å². The van der Waals surface area contributed by atoms with E-state index in [2.05, 4.69) is 36.3 Å². The first-order chi connectivity index (χ1) is 15.0. The van der Waals surface area contributed by atoms with Crippen molar-refractivity contribution in [3.8, 4) is 16.9 Å². The highest BCUT2D eigenvalue weighted by Crippen LogP contribution is 2.31. The lowest BCUT2D eigenvalue weighted by molar-refractivity contribution is -0.116. The van der Waals surface area contributed by atoms with Gasteiger partial charge in [-0.25, -0.2) is 4.98 Å². The number of aryl methyl sites for hydroxylation is 3. The van der Waals surface area contributed by atoms with E-state index in [-0.39, 0.29) is 24.4 Å². The van der Waals surface area contributed by atoms with Gasteiger partial charge in [0.1, 0.15) is 10.6 Å². The first-order valence-electron chi connectivity index (χ1n) is 9.95. The third kappa shape index (κ3) is 4.22. The second-order valence-electron chi connectivity index (χ2n) is 7.37. The second-order valence-corrected chi connectivity index (χ2v) is 8.23. The second kappa shape index (κ2) is 8.73. The zero-order chi connectivity index (χ0) is 22.0. The summed E-state index contributed by atoms with van der Waals surface area (Å²) >= 11 is 1.45. The number of benzene rings is 2. The summed E-state index contributed by atoms with van der Waals surface area (Å²) < 4.78 is 6.76. The third-order valence-electron chi connectivity index (χ3n) is 5.34. The topological polar surface area (TPSA) is 73.2 Å². The molecule has 0 saturated heterocycles. The Balaban J connectivity index is 1.57. The van der Waals surface area contributed by atoms with E-state index in [9.17, 15) is 9.59 Å². The van der Waals surface area contributed by atoms with Crippen molar-refractivity contribution in [2.24, 2.45) is 0 Å². The number of carbonyl (C=O) groups excluding carboxylic acids is 1. The van der Waals surface area contributed by atoms with E-state index >= 15 is 0 Å². The molecule has 6 nitrogen and oxygen atoms in total. The highest BCUT2D eigenvalue weighted by Gasteiger charge is 2.15. The van der Waals surface area contributed by atoms with Crippen molar-refractivity contribution in [2.75, 3.05) is 12.4 Å². The Bertz CT molecular complexity index is 1320. The molecule has 31 heavy (non-hydrogen) atoms. The van der Waals surface area contributed by atoms with Gasteiger partial charge in [-0.15, -0.1) is 11.3 Å². The van der Waals surface area contributed by atoms with Crippen LogP contribution >= 0.6 is 11.3 Å². The molecule has 0 unspecified atom stereocenters. The largest absolute Gasteiger partial charge is 0.495 e. The molecule has 4 rings (SSSR count). The number of ether oxygens (including phenoxy) is 1. The van der Waals surface area contributed by atoms with Crippen LogP contribution in [0.2, 0.25) is 0 Å². The van der Waals surface area contributed by atoms with E-state index in [1.54, 1.807) is 19.2 Å². The highest BCUT2D eigenvalue weighted by atomic mass is 32.1. The average Bonchev–Trinajstić information content (AvgIpc) is 3.20. The van der Waals surface area contributed by atoms with Gasteiger partial charge in [-0.1, -0.05) is 30.3 Å². The summed E-state index contributed by atoms with van der Waals surface area (Å²) in [4.78, 5) is 30.8. The standard InChI is InChI=1S/C24H23N3O3S/c1-15-8-9-17(12-16(15)2)18-13-31-23-22(18)24(29)27(14-25-23)11-10-21(28)26-19-6-4-5-7-20(19)30-3/h4-9,12-14H,10-11H2,1-3H3,(H,26,28). The number of methoxy groups -OCH3 is 1. The fraction of sp³-hybridized carbons (Fsp3) is 0.208. The highest BCUT2D eigenvalue weighted by molar-refractivity contribution is 7.17. The van der Waals surface area contributed by atoms with Gasteiger partial charge in [0.05, 0.1) is 24.5 Å². The smallest absolute Gasteiger partial charge is 0.262 e. The predicted octanol–water partition coefficient (Wildman–Crippen LogP) is 4.78. The molecule has 0 fully saturated rings. The normalized spacial score (nSPS) is 10.9. The van der Waals surface area contributed by atoms with Gasteiger partial charge < -0.3 is 10.1 Å². The fourth-order valence-electron chi connectivity index (χ4n) is 3.43. The van der Waals surface area contributed by atoms with Crippen LogP contribution in [0, 0.1) is 13.8 Å². The number of hydrogen-bond donors (Lipinski definition) is 1. The fourth-order valence-corrected chi connectivity index (χ4v) is 4.34. The summed E-state index contributed by atoms with van der Waals surface area (Å²) in [6.07, 6.45) is 1.66. The molecule has 0 bridgehead atoms. The number of thiophene rings is 1. The SMILES string of the molecule is COc1ccccc1NC(=O)CCn1cnc2scc(-c3ccc(C)c(C)c3)c2c1=O. The van der Waals surface area contributed by atoms with E-state index in [1.165, 1.54) is 33.4 Å². The molecular weight excluding hydrogens is 410 g/mol. The molecule has 2 heterocycles. The molecule has 0 radical (unpaired) electrons. The molecule has 0 aliphatic carbocycles. The molecule has 7 heteroatoms. The number of rotatable bonds is 6. The van der Waals surface area contributed by atoms with Crippen molar-refractivity contribution < 1.29 is 9.53 Å². The Morgan fingerprint density at radius 2 is 1.97 bits per heavy atom. The van der Waals surface area contributed by atoms with Crippen LogP contribution in [-0.4, -0.2) is 22.6 Å². The van der Waals surface area contributed by atoms with Crippen LogP contribution in [0.1, 0.15) is 17.5 Å². The maximum Gasteiger partial charge on any atom is 0.262 e. The lowest BCUT2D eigenvalue weighted by Gasteiger charge is -2.10. The number of hydrogen-bond acceptors (Lipinski definition) is 5. The molecule has 0 aliphatic rings. The first-order valence-corrected chi connectivity index (χ1v) is 10.8. The third-order valence-corrected chi connectivity index (χ3v) is 6.23. The van der Waals surface area contributed by atoms with E-state index in [0.29, 0.717) is 21.7 Å². The van der Waals surface area contributed by atoms with Crippen LogP contribution in [0.3, 0.4) is 0 Å². The van der Waals surface area contributed by atoms with Crippen LogP contribution < -0.4 is 15.6 Å². The lowest BCUT2D eigenvalue weighted by atomic mass is 10.0. The van der Waals surface area contributed by atoms with E-state index < -0.39 is 0 Å². The van der Waals surface area contributed by atoms with Crippen LogP contribution in [0.4, 0.5) is 5.69 Å². The van der Waals surface area contributed by atoms with Crippen LogP contribution in [0.5, 0.6) is 5.75 Å². The van der Waals surface area contributed by atoms with Crippen molar-refractivity contribution in [3.05, 3.63) is 75.7 Å². The van der Waals surface area contributed by atoms with Crippen molar-refractivity contribution in [1.82, 2.24) is 9.55 Å². The molecule has 4 aromatic rings. The summed E-state index contributed by atoms with van der Waals surface area (Å²) in [6, 6.07) is 13.4. The first kappa shape index (κ1) is 20.8. The van der Waals surface area contributed by atoms with Gasteiger partial charge in [-0.3, -0.25) is 14.2 Å². The van der Waals surface area contributed by atoms with Crippen molar-refractivity contribution in [2.45, 2.75) is 26.8 Å². The minimum absolute atomic E-state index is 0.135. The number of nitrogens with zero attached hydrogens (tertiary/aromatic N) is 2. The molecule has 2 aromatic carbocycles. The number of fused-ring (bicyclic) bond motifs is 1. The van der Waals surface area contributed by atoms with Gasteiger partial charge in [-0.2, -0.15) is 0 Å². The van der Waals surface area contributed by atoms with Crippen molar-refractivity contribution in [1.29, 1.82) is 0 Å². The number of amides is 1. The summed E-state index contributed by atoms with van der Waals surface area (Å²) in [7, 11) is 1.55. The van der Waals surface area contributed by atoms with Crippen LogP contribution in [-0.2, 0) is 11.3 Å². The molecule has 2 aromatic heterocycles. The predicted molar refractivity (Wildman–Crippen MR) is 125 cm³/mol. The molecule has 1 amide bonds. The number of anilines is 1. The molecular formula is C24H23N3O3S. The molecule has 0 atom stereocenters. The maximum atomic E-state index is 13.2. The summed E-state index contributed by atoms with van der Waals surface area (Å²) in [5.41, 5.74) is 4.73. The van der Waals surface area contributed by atoms with Crippen molar-refractivity contribution >= 4 is 33.1 Å². The van der Waals surface area contributed by atoms with Gasteiger partial charge in [0.25, 0.3) is 5.56 Å². The van der Waals surface area contributed by atoms with Gasteiger partial charge in [0, 0.05) is 23.9 Å². The van der Waals surface area contributed by atoms with E-state index in [4.69, 9.17) is 4.74 Å². The van der Waals surface area contributed by atoms with E-state index in [0.717, 1.165) is 11.1 Å². The quantitative estimate of drug-likeness (QED) is 0.475. The number of aromatic nitrogens is 2. The molecule has 0 aliphatic heterocycles. The zero-order valence-corrected chi connectivity index (χ0v) is 18.5. The van der Waals surface area contributed by atoms with Gasteiger partial charge >= 0.3 is 0 Å². The van der Waals surface area contributed by atoms with Crippen molar-refractivity contribution in [3.63, 3.8) is 0 Å². The van der Waals surface area contributed by atoms with Crippen LogP contribution in [0.25, 0.3) is 21.3 Å². The molecule has 158 valence electrons. The lowest BCUT2D eigenvalue weighted by Crippen LogP contribution is -2.23. The minimum Gasteiger partial charge on any atom is -0.495 e. The van der Waals surface area contributed by atoms with Crippen LogP contribution in [0.15, 0.2) is 59.0 Å². The Kier molecular flexibility index (Phi) is 5.86. The summed E-state index contributed by atoms with van der Waals surface area (Å²) in [5.74, 6) is 0.392. The maximum absolute atomic E-state index is 13.2. The Labute approximate surface area is 184 Å². The average molecular weight is 434 g/mol. The Morgan fingerprint density at radius 1 is 1.16 bits per heavy atom. The molecule has 0 spiro atoms.